The third-order valence-corrected chi connectivity index (χ3v) is 4.79. The highest BCUT2D eigenvalue weighted by Gasteiger charge is 2.26. The maximum atomic E-state index is 12.4. The predicted octanol–water partition coefficient (Wildman–Crippen LogP) is 3.33. The lowest BCUT2D eigenvalue weighted by Gasteiger charge is -2.30. The van der Waals surface area contributed by atoms with Crippen LogP contribution in [0, 0.1) is 5.92 Å². The molecule has 0 unspecified atom stereocenters. The van der Waals surface area contributed by atoms with Crippen molar-refractivity contribution in [2.45, 2.75) is 58.6 Å². The van der Waals surface area contributed by atoms with Gasteiger partial charge in [0.1, 0.15) is 0 Å². The van der Waals surface area contributed by atoms with Crippen molar-refractivity contribution in [3.63, 3.8) is 0 Å². The van der Waals surface area contributed by atoms with Crippen molar-refractivity contribution < 1.29 is 23.8 Å². The fourth-order valence-electron chi connectivity index (χ4n) is 3.18. The Hall–Kier alpha value is -2.24. The van der Waals surface area contributed by atoms with Crippen molar-refractivity contribution in [2.75, 3.05) is 13.7 Å². The average molecular weight is 363 g/mol. The van der Waals surface area contributed by atoms with Gasteiger partial charge in [-0.05, 0) is 50.8 Å². The largest absolute Gasteiger partial charge is 0.493 e. The van der Waals surface area contributed by atoms with Gasteiger partial charge in [-0.3, -0.25) is 4.79 Å². The predicted molar refractivity (Wildman–Crippen MR) is 98.6 cm³/mol. The number of methoxy groups -OCH3 is 1. The summed E-state index contributed by atoms with van der Waals surface area (Å²) in [5, 5.41) is 3.01. The fraction of sp³-hybridized carbons (Fsp3) is 0.600. The first kappa shape index (κ1) is 20.1. The Kier molecular flexibility index (Phi) is 7.30. The second-order valence-electron chi connectivity index (χ2n) is 6.72. The maximum Gasteiger partial charge on any atom is 0.339 e. The number of amides is 1. The molecular weight excluding hydrogens is 334 g/mol. The van der Waals surface area contributed by atoms with Gasteiger partial charge in [0.2, 0.25) is 0 Å². The Balaban J connectivity index is 1.97. The van der Waals surface area contributed by atoms with Gasteiger partial charge in [0, 0.05) is 6.04 Å². The van der Waals surface area contributed by atoms with Crippen LogP contribution in [-0.4, -0.2) is 37.7 Å². The molecule has 0 spiro atoms. The first-order chi connectivity index (χ1) is 12.5. The summed E-state index contributed by atoms with van der Waals surface area (Å²) in [6.07, 6.45) is 3.57. The van der Waals surface area contributed by atoms with E-state index < -0.39 is 12.1 Å². The van der Waals surface area contributed by atoms with E-state index in [2.05, 4.69) is 12.2 Å². The summed E-state index contributed by atoms with van der Waals surface area (Å²) >= 11 is 0. The average Bonchev–Trinajstić information content (AvgIpc) is 2.63. The molecule has 6 heteroatoms. The third-order valence-electron chi connectivity index (χ3n) is 4.79. The molecule has 0 bridgehead atoms. The molecule has 1 fully saturated rings. The molecule has 1 aromatic carbocycles. The second kappa shape index (κ2) is 9.46. The van der Waals surface area contributed by atoms with Gasteiger partial charge in [0.05, 0.1) is 19.3 Å². The van der Waals surface area contributed by atoms with Gasteiger partial charge in [-0.15, -0.1) is 0 Å². The summed E-state index contributed by atoms with van der Waals surface area (Å²) < 4.78 is 16.0. The summed E-state index contributed by atoms with van der Waals surface area (Å²) in [5.41, 5.74) is 0.319. The molecule has 1 amide bonds. The molecule has 26 heavy (non-hydrogen) atoms. The van der Waals surface area contributed by atoms with Crippen molar-refractivity contribution in [3.05, 3.63) is 23.8 Å². The number of ether oxygens (including phenoxy) is 3. The molecule has 2 rings (SSSR count). The molecule has 6 nitrogen and oxygen atoms in total. The summed E-state index contributed by atoms with van der Waals surface area (Å²) in [6.45, 7) is 6.04. The van der Waals surface area contributed by atoms with Gasteiger partial charge in [0.25, 0.3) is 5.91 Å². The van der Waals surface area contributed by atoms with E-state index in [1.807, 2.05) is 6.92 Å². The zero-order chi connectivity index (χ0) is 19.1. The third kappa shape index (κ3) is 5.13. The molecule has 0 heterocycles. The minimum Gasteiger partial charge on any atom is -0.493 e. The molecule has 3 atom stereocenters. The molecule has 1 aliphatic carbocycles. The van der Waals surface area contributed by atoms with Crippen LogP contribution in [0.1, 0.15) is 56.8 Å². The topological polar surface area (TPSA) is 73.9 Å². The van der Waals surface area contributed by atoms with Crippen molar-refractivity contribution in [1.82, 2.24) is 5.32 Å². The summed E-state index contributed by atoms with van der Waals surface area (Å²) in [6, 6.07) is 4.97. The van der Waals surface area contributed by atoms with E-state index in [4.69, 9.17) is 14.2 Å². The van der Waals surface area contributed by atoms with Crippen molar-refractivity contribution >= 4 is 11.9 Å². The number of hydrogen-bond acceptors (Lipinski definition) is 5. The van der Waals surface area contributed by atoms with Crippen LogP contribution in [0.2, 0.25) is 0 Å². The van der Waals surface area contributed by atoms with E-state index in [1.165, 1.54) is 13.5 Å². The van der Waals surface area contributed by atoms with Gasteiger partial charge in [-0.2, -0.15) is 0 Å². The van der Waals surface area contributed by atoms with E-state index in [0.29, 0.717) is 29.6 Å². The maximum absolute atomic E-state index is 12.4. The van der Waals surface area contributed by atoms with Crippen molar-refractivity contribution in [3.8, 4) is 11.5 Å². The molecule has 1 N–H and O–H groups in total. The smallest absolute Gasteiger partial charge is 0.339 e. The first-order valence-corrected chi connectivity index (χ1v) is 9.28. The molecule has 0 aromatic heterocycles. The van der Waals surface area contributed by atoms with Crippen LogP contribution < -0.4 is 14.8 Å². The van der Waals surface area contributed by atoms with Crippen LogP contribution in [0.3, 0.4) is 0 Å². The first-order valence-electron chi connectivity index (χ1n) is 9.28. The summed E-state index contributed by atoms with van der Waals surface area (Å²) in [5.74, 6) is 0.646. The quantitative estimate of drug-likeness (QED) is 0.752. The van der Waals surface area contributed by atoms with E-state index in [0.717, 1.165) is 19.3 Å². The van der Waals surface area contributed by atoms with E-state index >= 15 is 0 Å². The highest BCUT2D eigenvalue weighted by molar-refractivity contribution is 5.92. The van der Waals surface area contributed by atoms with Crippen molar-refractivity contribution in [1.29, 1.82) is 0 Å². The molecule has 1 aromatic rings. The normalized spacial score (nSPS) is 20.8. The zero-order valence-electron chi connectivity index (χ0n) is 16.0. The van der Waals surface area contributed by atoms with Gasteiger partial charge < -0.3 is 19.5 Å². The van der Waals surface area contributed by atoms with E-state index in [9.17, 15) is 9.59 Å². The monoisotopic (exact) mass is 363 g/mol. The fourth-order valence-corrected chi connectivity index (χ4v) is 3.18. The molecular formula is C20H29NO5. The van der Waals surface area contributed by atoms with Crippen LogP contribution in [0.4, 0.5) is 0 Å². The number of esters is 1. The lowest BCUT2D eigenvalue weighted by atomic mass is 9.86. The Morgan fingerprint density at radius 1 is 1.23 bits per heavy atom. The highest BCUT2D eigenvalue weighted by Crippen LogP contribution is 2.28. The highest BCUT2D eigenvalue weighted by atomic mass is 16.5. The summed E-state index contributed by atoms with van der Waals surface area (Å²) in [4.78, 5) is 24.7. The molecule has 1 saturated carbocycles. The standard InChI is InChI=1S/C20H29NO5/c1-5-25-18-12-15(10-11-17(18)24-4)20(23)26-14(3)19(22)21-16-9-7-6-8-13(16)2/h10-14,16H,5-9H2,1-4H3,(H,21,22)/t13-,14+,16+/m0/s1. The minimum absolute atomic E-state index is 0.156. The SMILES string of the molecule is CCOc1cc(C(=O)O[C@H](C)C(=O)N[C@@H]2CCCC[C@@H]2C)ccc1OC. The molecule has 0 radical (unpaired) electrons. The molecule has 0 saturated heterocycles. The van der Waals surface area contributed by atoms with Crippen LogP contribution in [0.25, 0.3) is 0 Å². The Morgan fingerprint density at radius 3 is 2.62 bits per heavy atom. The lowest BCUT2D eigenvalue weighted by Crippen LogP contribution is -2.45. The number of rotatable bonds is 7. The van der Waals surface area contributed by atoms with Crippen LogP contribution in [0.5, 0.6) is 11.5 Å². The van der Waals surface area contributed by atoms with Crippen molar-refractivity contribution in [2.24, 2.45) is 5.92 Å². The lowest BCUT2D eigenvalue weighted by molar-refractivity contribution is -0.130. The number of carbonyl (C=O) groups excluding carboxylic acids is 2. The second-order valence-corrected chi connectivity index (χ2v) is 6.72. The summed E-state index contributed by atoms with van der Waals surface area (Å²) in [7, 11) is 1.54. The van der Waals surface area contributed by atoms with Gasteiger partial charge in [-0.25, -0.2) is 4.79 Å². The van der Waals surface area contributed by atoms with E-state index in [-0.39, 0.29) is 11.9 Å². The zero-order valence-corrected chi connectivity index (χ0v) is 16.0. The molecule has 0 aliphatic heterocycles. The van der Waals surface area contributed by atoms with Gasteiger partial charge >= 0.3 is 5.97 Å². The molecule has 144 valence electrons. The number of hydrogen-bond donors (Lipinski definition) is 1. The number of carbonyl (C=O) groups is 2. The van der Waals surface area contributed by atoms with Crippen LogP contribution in [-0.2, 0) is 9.53 Å². The van der Waals surface area contributed by atoms with Crippen LogP contribution in [0.15, 0.2) is 18.2 Å². The van der Waals surface area contributed by atoms with Gasteiger partial charge in [-0.1, -0.05) is 19.8 Å². The van der Waals surface area contributed by atoms with Crippen LogP contribution >= 0.6 is 0 Å². The Bertz CT molecular complexity index is 631. The number of nitrogens with one attached hydrogen (secondary N) is 1. The van der Waals surface area contributed by atoms with E-state index in [1.54, 1.807) is 25.1 Å². The Morgan fingerprint density at radius 2 is 1.96 bits per heavy atom. The molecule has 1 aliphatic rings. The van der Waals surface area contributed by atoms with Gasteiger partial charge in [0.15, 0.2) is 17.6 Å². The minimum atomic E-state index is -0.853. The Labute approximate surface area is 155 Å². The number of benzene rings is 1.